The zero-order chi connectivity index (χ0) is 26.9. The van der Waals surface area contributed by atoms with Gasteiger partial charge in [-0.3, -0.25) is 9.59 Å². The quantitative estimate of drug-likeness (QED) is 0.539. The molecule has 38 heavy (non-hydrogen) atoms. The van der Waals surface area contributed by atoms with Crippen molar-refractivity contribution < 1.29 is 19.4 Å². The molecule has 2 aromatic carbocycles. The lowest BCUT2D eigenvalue weighted by atomic mass is 9.51. The van der Waals surface area contributed by atoms with Gasteiger partial charge in [0.1, 0.15) is 0 Å². The molecule has 4 atom stereocenters. The molecule has 194 valence electrons. The summed E-state index contributed by atoms with van der Waals surface area (Å²) in [6.45, 7) is 3.59. The number of benzene rings is 2. The van der Waals surface area contributed by atoms with E-state index in [1.165, 1.54) is 28.6 Å². The van der Waals surface area contributed by atoms with Crippen LogP contribution >= 0.6 is 0 Å². The van der Waals surface area contributed by atoms with Gasteiger partial charge in [0.2, 0.25) is 0 Å². The maximum absolute atomic E-state index is 13.8. The number of phenolic OH excluding ortho intramolecular Hbond substituents is 1. The van der Waals surface area contributed by atoms with Gasteiger partial charge < -0.3 is 9.84 Å². The highest BCUT2D eigenvalue weighted by atomic mass is 16.5. The minimum atomic E-state index is -1.12. The predicted octanol–water partition coefficient (Wildman–Crippen LogP) is 2.90. The van der Waals surface area contributed by atoms with Crippen molar-refractivity contribution in [3.05, 3.63) is 98.4 Å². The molecule has 1 aliphatic heterocycles. The van der Waals surface area contributed by atoms with Crippen molar-refractivity contribution in [1.29, 1.82) is 0 Å². The fourth-order valence-corrected chi connectivity index (χ4v) is 6.60. The zero-order valence-corrected chi connectivity index (χ0v) is 21.2. The van der Waals surface area contributed by atoms with E-state index in [9.17, 15) is 24.3 Å². The van der Waals surface area contributed by atoms with E-state index >= 15 is 0 Å². The highest BCUT2D eigenvalue weighted by Crippen LogP contribution is 2.59. The third-order valence-electron chi connectivity index (χ3n) is 8.49. The van der Waals surface area contributed by atoms with Gasteiger partial charge in [-0.05, 0) is 60.4 Å². The lowest BCUT2D eigenvalue weighted by Crippen LogP contribution is -2.54. The van der Waals surface area contributed by atoms with Gasteiger partial charge in [-0.1, -0.05) is 37.3 Å². The smallest absolute Gasteiger partial charge is 0.352 e. The third kappa shape index (κ3) is 3.11. The first-order chi connectivity index (χ1) is 18.2. The summed E-state index contributed by atoms with van der Waals surface area (Å²) in [5, 5.41) is 10.2. The Labute approximate surface area is 217 Å². The van der Waals surface area contributed by atoms with Gasteiger partial charge >= 0.3 is 11.4 Å². The lowest BCUT2D eigenvalue weighted by Gasteiger charge is -2.52. The lowest BCUT2D eigenvalue weighted by molar-refractivity contribution is -0.139. The molecule has 1 saturated carbocycles. The Morgan fingerprint density at radius 3 is 2.47 bits per heavy atom. The van der Waals surface area contributed by atoms with Gasteiger partial charge in [-0.25, -0.2) is 23.5 Å². The van der Waals surface area contributed by atoms with Crippen molar-refractivity contribution in [2.75, 3.05) is 7.11 Å². The fraction of sp³-hybridized carbons (Fsp3) is 0.310. The second kappa shape index (κ2) is 8.31. The number of carbonyl (C=O) groups is 2. The van der Waals surface area contributed by atoms with E-state index < -0.39 is 34.7 Å². The van der Waals surface area contributed by atoms with Crippen molar-refractivity contribution in [3.8, 4) is 17.2 Å². The largest absolute Gasteiger partial charge is 0.504 e. The number of carbonyl (C=O) groups excluding carboxylic acids is 2. The number of hydrogen-bond acceptors (Lipinski definition) is 6. The van der Waals surface area contributed by atoms with Crippen LogP contribution in [-0.4, -0.2) is 37.7 Å². The van der Waals surface area contributed by atoms with Crippen LogP contribution in [0.4, 0.5) is 0 Å². The van der Waals surface area contributed by atoms with E-state index in [1.807, 2.05) is 19.1 Å². The van der Waals surface area contributed by atoms with Gasteiger partial charge in [0.15, 0.2) is 23.1 Å². The summed E-state index contributed by atoms with van der Waals surface area (Å²) in [4.78, 5) is 54.4. The van der Waals surface area contributed by atoms with E-state index in [1.54, 1.807) is 43.3 Å². The molecule has 0 radical (unpaired) electrons. The van der Waals surface area contributed by atoms with Gasteiger partial charge in [-0.15, -0.1) is 0 Å². The Bertz CT molecular complexity index is 1690. The number of rotatable bonds is 3. The molecule has 0 amide bonds. The first kappa shape index (κ1) is 24.0. The molecule has 1 fully saturated rings. The van der Waals surface area contributed by atoms with Crippen molar-refractivity contribution in [2.45, 2.75) is 38.8 Å². The molecule has 1 aromatic heterocycles. The summed E-state index contributed by atoms with van der Waals surface area (Å²) in [6.07, 6.45) is 3.53. The van der Waals surface area contributed by atoms with E-state index in [-0.39, 0.29) is 36.0 Å². The number of hydrogen-bond donors (Lipinski definition) is 1. The van der Waals surface area contributed by atoms with E-state index in [0.29, 0.717) is 16.8 Å². The summed E-state index contributed by atoms with van der Waals surface area (Å²) in [5.74, 6) is -1.40. The maximum atomic E-state index is 13.8. The Morgan fingerprint density at radius 2 is 1.76 bits per heavy atom. The molecule has 2 aliphatic carbocycles. The molecule has 9 heteroatoms. The summed E-state index contributed by atoms with van der Waals surface area (Å²) < 4.78 is 9.34. The van der Waals surface area contributed by atoms with Crippen molar-refractivity contribution in [3.63, 3.8) is 0 Å². The molecule has 0 bridgehead atoms. The summed E-state index contributed by atoms with van der Waals surface area (Å²) in [7, 11) is 1.44. The summed E-state index contributed by atoms with van der Waals surface area (Å²) in [5.41, 5.74) is 0.242. The second-order valence-electron chi connectivity index (χ2n) is 10.4. The Balaban J connectivity index is 1.60. The number of Topliss-reactive ketones (excluding diaryl/α,β-unsaturated/α-hetero) is 1. The van der Waals surface area contributed by atoms with Crippen LogP contribution in [0.2, 0.25) is 0 Å². The van der Waals surface area contributed by atoms with Gasteiger partial charge in [-0.2, -0.15) is 0 Å². The molecule has 3 aliphatic rings. The summed E-state index contributed by atoms with van der Waals surface area (Å²) in [6, 6.07) is 13.0. The number of methoxy groups -OCH3 is 1. The maximum Gasteiger partial charge on any atom is 0.352 e. The molecule has 9 nitrogen and oxygen atoms in total. The molecular formula is C29H27N3O6. The van der Waals surface area contributed by atoms with Crippen LogP contribution in [0.5, 0.6) is 11.5 Å². The first-order valence-corrected chi connectivity index (χ1v) is 12.5. The van der Waals surface area contributed by atoms with Crippen molar-refractivity contribution >= 4 is 11.6 Å². The minimum Gasteiger partial charge on any atom is -0.504 e. The van der Waals surface area contributed by atoms with Crippen LogP contribution in [-0.2, 0) is 16.1 Å². The van der Waals surface area contributed by atoms with Crippen molar-refractivity contribution in [2.24, 2.45) is 11.3 Å². The van der Waals surface area contributed by atoms with E-state index in [0.717, 1.165) is 10.1 Å². The first-order valence-electron chi connectivity index (χ1n) is 12.5. The monoisotopic (exact) mass is 513 g/mol. The molecule has 0 spiro atoms. The van der Waals surface area contributed by atoms with Gasteiger partial charge in [0.05, 0.1) is 30.8 Å². The molecule has 3 aromatic rings. The third-order valence-corrected chi connectivity index (χ3v) is 8.49. The molecule has 6 rings (SSSR count). The van der Waals surface area contributed by atoms with Gasteiger partial charge in [0, 0.05) is 11.8 Å². The van der Waals surface area contributed by atoms with E-state index in [2.05, 4.69) is 0 Å². The number of phenols is 1. The Morgan fingerprint density at radius 1 is 1.03 bits per heavy atom. The highest BCUT2D eigenvalue weighted by Gasteiger charge is 2.59. The van der Waals surface area contributed by atoms with Crippen LogP contribution in [0.25, 0.3) is 5.69 Å². The number of aromatic hydroxyl groups is 1. The molecule has 1 N–H and O–H groups in total. The molecule has 2 heterocycles. The molecule has 0 unspecified atom stereocenters. The van der Waals surface area contributed by atoms with Crippen LogP contribution in [0.15, 0.2) is 81.4 Å². The van der Waals surface area contributed by atoms with Crippen LogP contribution < -0.4 is 16.1 Å². The normalized spacial score (nSPS) is 26.1. The zero-order valence-electron chi connectivity index (χ0n) is 21.2. The van der Waals surface area contributed by atoms with Crippen LogP contribution in [0.1, 0.15) is 37.8 Å². The van der Waals surface area contributed by atoms with E-state index in [4.69, 9.17) is 4.74 Å². The van der Waals surface area contributed by atoms with Crippen LogP contribution in [0.3, 0.4) is 0 Å². The fourth-order valence-electron chi connectivity index (χ4n) is 6.60. The topological polar surface area (TPSA) is 113 Å². The molecular weight excluding hydrogens is 486 g/mol. The van der Waals surface area contributed by atoms with Crippen molar-refractivity contribution in [1.82, 2.24) is 13.9 Å². The number of aromatic nitrogens is 3. The number of allylic oxidation sites excluding steroid dienone is 4. The predicted molar refractivity (Wildman–Crippen MR) is 139 cm³/mol. The second-order valence-corrected chi connectivity index (χ2v) is 10.4. The standard InChI is InChI=1S/C29H27N3O6/c1-16-13-24(34)29(2)20(26(16)35)15-21-19(25(29)17-9-10-22(33)23(14-17)38-3)11-12-30-27(36)31(28(37)32(21)30)18-7-5-4-6-8-18/h4-11,13-14,20-21,25,33H,12,15H2,1-3H3/t20-,21+,25-,29-/m0/s1. The number of fused-ring (bicyclic) bond motifs is 4. The average molecular weight is 514 g/mol. The van der Waals surface area contributed by atoms with Crippen LogP contribution in [0, 0.1) is 11.3 Å². The highest BCUT2D eigenvalue weighted by molar-refractivity contribution is 6.13. The summed E-state index contributed by atoms with van der Waals surface area (Å²) >= 11 is 0. The molecule has 0 saturated heterocycles. The minimum absolute atomic E-state index is 0.0466. The Kier molecular flexibility index (Phi) is 5.24. The number of para-hydroxylation sites is 1. The SMILES string of the molecule is COc1cc([C@H]2C3=CCn4c(=O)n(-c5ccccc5)c(=O)n4[C@@H]3C[C@H]3C(=O)C(C)=CC(=O)[C@@]23C)ccc1O. The number of nitrogens with zero attached hydrogens (tertiary/aromatic N) is 3. The van der Waals surface area contributed by atoms with Gasteiger partial charge in [0.25, 0.3) is 0 Å². The average Bonchev–Trinajstić information content (AvgIpc) is 3.17. The number of ketones is 2. The number of ether oxygens (including phenoxy) is 1. The Hall–Kier alpha value is -4.40.